The van der Waals surface area contributed by atoms with Crippen LogP contribution in [0.5, 0.6) is 0 Å². The number of carbonyl (C=O) groups is 1. The Morgan fingerprint density at radius 2 is 1.81 bits per heavy atom. The first kappa shape index (κ1) is 22.2. The van der Waals surface area contributed by atoms with Crippen LogP contribution in [-0.4, -0.2) is 45.5 Å². The topological polar surface area (TPSA) is 101 Å². The summed E-state index contributed by atoms with van der Waals surface area (Å²) in [4.78, 5) is 15.1. The summed E-state index contributed by atoms with van der Waals surface area (Å²) in [5, 5.41) is 2.79. The van der Waals surface area contributed by atoms with E-state index in [2.05, 4.69) is 14.9 Å². The highest BCUT2D eigenvalue weighted by Crippen LogP contribution is 2.18. The van der Waals surface area contributed by atoms with Crippen LogP contribution in [-0.2, 0) is 27.8 Å². The van der Waals surface area contributed by atoms with Gasteiger partial charge in [-0.25, -0.2) is 13.1 Å². The van der Waals surface area contributed by atoms with Crippen LogP contribution in [0.15, 0.2) is 76.2 Å². The second kappa shape index (κ2) is 10.1. The van der Waals surface area contributed by atoms with Crippen LogP contribution in [0.4, 0.5) is 5.69 Å². The highest BCUT2D eigenvalue weighted by molar-refractivity contribution is 7.89. The van der Waals surface area contributed by atoms with Crippen LogP contribution in [0, 0.1) is 0 Å². The van der Waals surface area contributed by atoms with Crippen molar-refractivity contribution in [3.8, 4) is 0 Å². The number of hydrogen-bond donors (Lipinski definition) is 2. The lowest BCUT2D eigenvalue weighted by Crippen LogP contribution is -2.35. The maximum atomic E-state index is 12.8. The first-order valence-corrected chi connectivity index (χ1v) is 11.8. The van der Waals surface area contributed by atoms with Crippen LogP contribution in [0.1, 0.15) is 21.7 Å². The second-order valence-electron chi connectivity index (χ2n) is 7.47. The molecule has 0 aliphatic carbocycles. The minimum Gasteiger partial charge on any atom is -0.468 e. The number of morpholine rings is 1. The molecule has 1 fully saturated rings. The number of benzene rings is 2. The van der Waals surface area contributed by atoms with Crippen LogP contribution in [0.2, 0.25) is 0 Å². The summed E-state index contributed by atoms with van der Waals surface area (Å²) in [6.07, 6.45) is 1.48. The van der Waals surface area contributed by atoms with Crippen LogP contribution < -0.4 is 10.0 Å². The van der Waals surface area contributed by atoms with Crippen molar-refractivity contribution in [3.05, 3.63) is 83.8 Å². The number of hydrogen-bond acceptors (Lipinski definition) is 6. The average Bonchev–Trinajstić information content (AvgIpc) is 3.33. The lowest BCUT2D eigenvalue weighted by atomic mass is 10.1. The Morgan fingerprint density at radius 1 is 1.00 bits per heavy atom. The molecule has 32 heavy (non-hydrogen) atoms. The zero-order chi connectivity index (χ0) is 22.4. The molecule has 1 aromatic heterocycles. The number of ether oxygens (including phenoxy) is 1. The van der Waals surface area contributed by atoms with E-state index in [-0.39, 0.29) is 17.3 Å². The predicted molar refractivity (Wildman–Crippen MR) is 120 cm³/mol. The number of sulfonamides is 1. The molecule has 2 aromatic carbocycles. The van der Waals surface area contributed by atoms with Gasteiger partial charge >= 0.3 is 0 Å². The Kier molecular flexibility index (Phi) is 7.01. The van der Waals surface area contributed by atoms with Crippen molar-refractivity contribution in [1.82, 2.24) is 9.62 Å². The van der Waals surface area contributed by atoms with Crippen LogP contribution in [0.3, 0.4) is 0 Å². The Balaban J connectivity index is 1.41. The van der Waals surface area contributed by atoms with Gasteiger partial charge in [0.05, 0.1) is 30.9 Å². The lowest BCUT2D eigenvalue weighted by Gasteiger charge is -2.26. The van der Waals surface area contributed by atoms with Gasteiger partial charge in [-0.1, -0.05) is 18.2 Å². The Hall–Kier alpha value is -2.98. The van der Waals surface area contributed by atoms with Gasteiger partial charge in [0.15, 0.2) is 0 Å². The van der Waals surface area contributed by atoms with E-state index in [0.717, 1.165) is 38.4 Å². The van der Waals surface area contributed by atoms with E-state index in [1.54, 1.807) is 30.3 Å². The molecule has 9 heteroatoms. The van der Waals surface area contributed by atoms with Gasteiger partial charge in [0.1, 0.15) is 5.76 Å². The summed E-state index contributed by atoms with van der Waals surface area (Å²) in [5.74, 6) is 0.210. The average molecular weight is 456 g/mol. The van der Waals surface area contributed by atoms with Crippen molar-refractivity contribution < 1.29 is 22.4 Å². The zero-order valence-corrected chi connectivity index (χ0v) is 18.3. The number of furan rings is 1. The third kappa shape index (κ3) is 5.83. The van der Waals surface area contributed by atoms with E-state index in [9.17, 15) is 13.2 Å². The van der Waals surface area contributed by atoms with E-state index in [4.69, 9.17) is 9.15 Å². The monoisotopic (exact) mass is 455 g/mol. The normalized spacial score (nSPS) is 14.9. The molecule has 168 valence electrons. The van der Waals surface area contributed by atoms with Crippen LogP contribution in [0.25, 0.3) is 0 Å². The van der Waals surface area contributed by atoms with E-state index >= 15 is 0 Å². The van der Waals surface area contributed by atoms with Gasteiger partial charge in [0.25, 0.3) is 5.91 Å². The molecule has 0 saturated carbocycles. The van der Waals surface area contributed by atoms with Crippen LogP contribution >= 0.6 is 0 Å². The van der Waals surface area contributed by atoms with Gasteiger partial charge in [-0.3, -0.25) is 9.69 Å². The summed E-state index contributed by atoms with van der Waals surface area (Å²) in [5.41, 5.74) is 1.95. The standard InChI is InChI=1S/C23H25N3O5S/c27-23(19-5-1-4-18(14-19)17-26-9-12-30-13-10-26)25-20-6-2-8-22(15-20)32(28,29)24-16-21-7-3-11-31-21/h1-8,11,14-15,24H,9-10,12-13,16-17H2,(H,25,27). The quantitative estimate of drug-likeness (QED) is 0.542. The molecule has 0 radical (unpaired) electrons. The molecule has 1 saturated heterocycles. The van der Waals surface area contributed by atoms with Gasteiger partial charge in [0.2, 0.25) is 10.0 Å². The summed E-state index contributed by atoms with van der Waals surface area (Å²) >= 11 is 0. The molecule has 2 N–H and O–H groups in total. The number of nitrogens with zero attached hydrogens (tertiary/aromatic N) is 1. The van der Waals surface area contributed by atoms with E-state index in [1.807, 2.05) is 18.2 Å². The smallest absolute Gasteiger partial charge is 0.255 e. The number of nitrogens with one attached hydrogen (secondary N) is 2. The fraction of sp³-hybridized carbons (Fsp3) is 0.261. The largest absolute Gasteiger partial charge is 0.468 e. The number of amides is 1. The minimum absolute atomic E-state index is 0.0435. The highest BCUT2D eigenvalue weighted by atomic mass is 32.2. The molecule has 0 unspecified atom stereocenters. The van der Waals surface area contributed by atoms with Gasteiger partial charge in [-0.2, -0.15) is 0 Å². The number of rotatable bonds is 8. The number of anilines is 1. The lowest BCUT2D eigenvalue weighted by molar-refractivity contribution is 0.0342. The third-order valence-electron chi connectivity index (χ3n) is 5.12. The fourth-order valence-electron chi connectivity index (χ4n) is 3.44. The van der Waals surface area contributed by atoms with Gasteiger partial charge in [-0.05, 0) is 48.0 Å². The second-order valence-corrected chi connectivity index (χ2v) is 9.24. The molecular weight excluding hydrogens is 430 g/mol. The summed E-state index contributed by atoms with van der Waals surface area (Å²) < 4.78 is 38.2. The SMILES string of the molecule is O=C(Nc1cccc(S(=O)(=O)NCc2ccco2)c1)c1cccc(CN2CCOCC2)c1. The first-order valence-electron chi connectivity index (χ1n) is 10.3. The van der Waals surface area contributed by atoms with Crippen molar-refractivity contribution >= 4 is 21.6 Å². The molecule has 1 amide bonds. The molecule has 1 aliphatic rings. The minimum atomic E-state index is -3.76. The predicted octanol–water partition coefficient (Wildman–Crippen LogP) is 2.84. The van der Waals surface area contributed by atoms with Gasteiger partial charge in [0, 0.05) is 30.9 Å². The van der Waals surface area contributed by atoms with Crippen molar-refractivity contribution in [2.45, 2.75) is 18.0 Å². The van der Waals surface area contributed by atoms with Gasteiger partial charge in [-0.15, -0.1) is 0 Å². The summed E-state index contributed by atoms with van der Waals surface area (Å²) in [6, 6.07) is 17.0. The summed E-state index contributed by atoms with van der Waals surface area (Å²) in [6.45, 7) is 3.96. The Morgan fingerprint density at radius 3 is 2.59 bits per heavy atom. The molecule has 0 spiro atoms. The number of carbonyl (C=O) groups excluding carboxylic acids is 1. The summed E-state index contributed by atoms with van der Waals surface area (Å²) in [7, 11) is -3.76. The van der Waals surface area contributed by atoms with Gasteiger partial charge < -0.3 is 14.5 Å². The van der Waals surface area contributed by atoms with Crippen molar-refractivity contribution in [2.24, 2.45) is 0 Å². The molecular formula is C23H25N3O5S. The first-order chi connectivity index (χ1) is 15.5. The molecule has 1 aliphatic heterocycles. The van der Waals surface area contributed by atoms with Crippen molar-refractivity contribution in [1.29, 1.82) is 0 Å². The molecule has 4 rings (SSSR count). The Labute approximate surface area is 187 Å². The highest BCUT2D eigenvalue weighted by Gasteiger charge is 2.16. The molecule has 0 bridgehead atoms. The molecule has 0 atom stereocenters. The van der Waals surface area contributed by atoms with E-state index < -0.39 is 10.0 Å². The van der Waals surface area contributed by atoms with E-state index in [1.165, 1.54) is 18.4 Å². The zero-order valence-electron chi connectivity index (χ0n) is 17.5. The van der Waals surface area contributed by atoms with Crippen molar-refractivity contribution in [3.63, 3.8) is 0 Å². The Bertz CT molecular complexity index is 1160. The molecule has 8 nitrogen and oxygen atoms in total. The van der Waals surface area contributed by atoms with Crippen molar-refractivity contribution in [2.75, 3.05) is 31.6 Å². The maximum Gasteiger partial charge on any atom is 0.255 e. The molecule has 2 heterocycles. The molecule has 3 aromatic rings. The third-order valence-corrected chi connectivity index (χ3v) is 6.52. The van der Waals surface area contributed by atoms with E-state index in [0.29, 0.717) is 17.0 Å². The fourth-order valence-corrected chi connectivity index (χ4v) is 4.47. The maximum absolute atomic E-state index is 12.8.